The van der Waals surface area contributed by atoms with Gasteiger partial charge in [0.05, 0.1) is 18.3 Å². The molecule has 0 aliphatic rings. The number of hydrogen-bond acceptors (Lipinski definition) is 2. The molecule has 0 fully saturated rings. The first-order chi connectivity index (χ1) is 7.61. The van der Waals surface area contributed by atoms with E-state index in [0.29, 0.717) is 11.5 Å². The van der Waals surface area contributed by atoms with E-state index in [1.54, 1.807) is 12.3 Å². The van der Waals surface area contributed by atoms with Crippen LogP contribution in [0.2, 0.25) is 0 Å². The van der Waals surface area contributed by atoms with Crippen LogP contribution in [0.25, 0.3) is 10.9 Å². The Morgan fingerprint density at radius 3 is 2.81 bits per heavy atom. The molecule has 0 amide bonds. The summed E-state index contributed by atoms with van der Waals surface area (Å²) in [5.74, 6) is 0.102. The molecule has 0 radical (unpaired) electrons. The molecule has 3 nitrogen and oxygen atoms in total. The molecule has 0 bridgehead atoms. The zero-order valence-corrected chi connectivity index (χ0v) is 9.44. The smallest absolute Gasteiger partial charge is 0.129 e. The van der Waals surface area contributed by atoms with Gasteiger partial charge in [-0.2, -0.15) is 5.10 Å². The predicted molar refractivity (Wildman–Crippen MR) is 60.5 cm³/mol. The molecule has 0 spiro atoms. The topological polar surface area (TPSA) is 38.0 Å². The highest BCUT2D eigenvalue weighted by atomic mass is 19.1. The van der Waals surface area contributed by atoms with E-state index in [-0.39, 0.29) is 12.4 Å². The lowest BCUT2D eigenvalue weighted by atomic mass is 10.1. The molecule has 0 aliphatic carbocycles. The highest BCUT2D eigenvalue weighted by Gasteiger charge is 2.09. The zero-order chi connectivity index (χ0) is 11.7. The monoisotopic (exact) mass is 222 g/mol. The second-order valence-electron chi connectivity index (χ2n) is 4.38. The van der Waals surface area contributed by atoms with Crippen molar-refractivity contribution in [2.24, 2.45) is 5.92 Å². The van der Waals surface area contributed by atoms with E-state index in [1.807, 2.05) is 4.68 Å². The summed E-state index contributed by atoms with van der Waals surface area (Å²) in [5, 5.41) is 14.0. The predicted octanol–water partition coefficient (Wildman–Crippen LogP) is 2.32. The average molecular weight is 222 g/mol. The number of rotatable bonds is 3. The molecule has 86 valence electrons. The Kier molecular flexibility index (Phi) is 2.92. The van der Waals surface area contributed by atoms with Gasteiger partial charge in [0.25, 0.3) is 0 Å². The number of halogens is 1. The standard InChI is InChI=1S/C12H15FN2O/c1-8(2)6-15-12-4-10(7-16)11(13)3-9(12)5-14-15/h3-5,8,16H,6-7H2,1-2H3. The van der Waals surface area contributed by atoms with Crippen LogP contribution in [0.15, 0.2) is 18.3 Å². The van der Waals surface area contributed by atoms with Crippen molar-refractivity contribution in [2.75, 3.05) is 0 Å². The molecule has 0 aliphatic heterocycles. The third-order valence-corrected chi connectivity index (χ3v) is 2.52. The molecule has 0 saturated heterocycles. The van der Waals surface area contributed by atoms with Crippen LogP contribution in [-0.4, -0.2) is 14.9 Å². The number of aliphatic hydroxyl groups is 1. The third-order valence-electron chi connectivity index (χ3n) is 2.52. The summed E-state index contributed by atoms with van der Waals surface area (Å²) in [4.78, 5) is 0. The lowest BCUT2D eigenvalue weighted by molar-refractivity contribution is 0.276. The quantitative estimate of drug-likeness (QED) is 0.865. The van der Waals surface area contributed by atoms with E-state index in [4.69, 9.17) is 5.11 Å². The van der Waals surface area contributed by atoms with Crippen molar-refractivity contribution in [3.05, 3.63) is 29.7 Å². The van der Waals surface area contributed by atoms with Crippen LogP contribution < -0.4 is 0 Å². The van der Waals surface area contributed by atoms with Crippen LogP contribution in [0.1, 0.15) is 19.4 Å². The van der Waals surface area contributed by atoms with E-state index in [9.17, 15) is 4.39 Å². The second-order valence-corrected chi connectivity index (χ2v) is 4.38. The van der Waals surface area contributed by atoms with E-state index in [0.717, 1.165) is 17.4 Å². The number of nitrogens with zero attached hydrogens (tertiary/aromatic N) is 2. The van der Waals surface area contributed by atoms with Crippen molar-refractivity contribution < 1.29 is 9.50 Å². The number of hydrogen-bond donors (Lipinski definition) is 1. The van der Waals surface area contributed by atoms with Gasteiger partial charge < -0.3 is 5.11 Å². The van der Waals surface area contributed by atoms with Gasteiger partial charge in [0.15, 0.2) is 0 Å². The Balaban J connectivity index is 2.53. The number of fused-ring (bicyclic) bond motifs is 1. The van der Waals surface area contributed by atoms with Crippen molar-refractivity contribution in [1.29, 1.82) is 0 Å². The molecular formula is C12H15FN2O. The van der Waals surface area contributed by atoms with Crippen LogP contribution in [0.5, 0.6) is 0 Å². The molecule has 2 aromatic rings. The molecule has 1 heterocycles. The zero-order valence-electron chi connectivity index (χ0n) is 9.44. The molecule has 16 heavy (non-hydrogen) atoms. The van der Waals surface area contributed by atoms with Crippen LogP contribution >= 0.6 is 0 Å². The van der Waals surface area contributed by atoms with Crippen molar-refractivity contribution in [3.8, 4) is 0 Å². The SMILES string of the molecule is CC(C)Cn1ncc2cc(F)c(CO)cc21. The molecule has 1 aromatic heterocycles. The van der Waals surface area contributed by atoms with Crippen molar-refractivity contribution >= 4 is 10.9 Å². The largest absolute Gasteiger partial charge is 0.392 e. The second kappa shape index (κ2) is 4.22. The first-order valence-corrected chi connectivity index (χ1v) is 5.36. The lowest BCUT2D eigenvalue weighted by Gasteiger charge is -2.07. The fourth-order valence-electron chi connectivity index (χ4n) is 1.75. The van der Waals surface area contributed by atoms with E-state index < -0.39 is 0 Å². The summed E-state index contributed by atoms with van der Waals surface area (Å²) in [5.41, 5.74) is 1.19. The van der Waals surface area contributed by atoms with Gasteiger partial charge in [-0.3, -0.25) is 4.68 Å². The van der Waals surface area contributed by atoms with E-state index >= 15 is 0 Å². The number of aromatic nitrogens is 2. The fraction of sp³-hybridized carbons (Fsp3) is 0.417. The highest BCUT2D eigenvalue weighted by Crippen LogP contribution is 2.20. The molecular weight excluding hydrogens is 207 g/mol. The van der Waals surface area contributed by atoms with Crippen molar-refractivity contribution in [1.82, 2.24) is 9.78 Å². The first kappa shape index (κ1) is 11.1. The first-order valence-electron chi connectivity index (χ1n) is 5.36. The third kappa shape index (κ3) is 1.93. The molecule has 0 unspecified atom stereocenters. The Hall–Kier alpha value is -1.42. The Labute approximate surface area is 93.5 Å². The summed E-state index contributed by atoms with van der Waals surface area (Å²) in [6.45, 7) is 4.71. The van der Waals surface area contributed by atoms with Gasteiger partial charge in [0.2, 0.25) is 0 Å². The van der Waals surface area contributed by atoms with Crippen LogP contribution in [-0.2, 0) is 13.2 Å². The Morgan fingerprint density at radius 2 is 2.19 bits per heavy atom. The summed E-state index contributed by atoms with van der Waals surface area (Å²) >= 11 is 0. The summed E-state index contributed by atoms with van der Waals surface area (Å²) in [6.07, 6.45) is 1.65. The normalized spacial score (nSPS) is 11.6. The molecule has 4 heteroatoms. The summed E-state index contributed by atoms with van der Waals surface area (Å²) in [7, 11) is 0. The van der Waals surface area contributed by atoms with E-state index in [2.05, 4.69) is 18.9 Å². The number of aliphatic hydroxyl groups excluding tert-OH is 1. The minimum absolute atomic E-state index is 0.283. The van der Waals surface area contributed by atoms with Crippen molar-refractivity contribution in [2.45, 2.75) is 27.0 Å². The Morgan fingerprint density at radius 1 is 1.44 bits per heavy atom. The van der Waals surface area contributed by atoms with Gasteiger partial charge in [-0.1, -0.05) is 13.8 Å². The van der Waals surface area contributed by atoms with Crippen LogP contribution in [0.4, 0.5) is 4.39 Å². The minimum atomic E-state index is -0.376. The fourth-order valence-corrected chi connectivity index (χ4v) is 1.75. The highest BCUT2D eigenvalue weighted by molar-refractivity contribution is 5.79. The average Bonchev–Trinajstić information content (AvgIpc) is 2.59. The Bertz CT molecular complexity index is 505. The molecule has 2 rings (SSSR count). The summed E-state index contributed by atoms with van der Waals surface area (Å²) < 4.78 is 15.2. The number of benzene rings is 1. The van der Waals surface area contributed by atoms with E-state index in [1.165, 1.54) is 6.07 Å². The van der Waals surface area contributed by atoms with Gasteiger partial charge in [-0.15, -0.1) is 0 Å². The molecule has 1 N–H and O–H groups in total. The van der Waals surface area contributed by atoms with Gasteiger partial charge >= 0.3 is 0 Å². The van der Waals surface area contributed by atoms with Gasteiger partial charge in [0, 0.05) is 17.5 Å². The summed E-state index contributed by atoms with van der Waals surface area (Å²) in [6, 6.07) is 3.09. The maximum Gasteiger partial charge on any atom is 0.129 e. The molecule has 0 atom stereocenters. The molecule has 0 saturated carbocycles. The lowest BCUT2D eigenvalue weighted by Crippen LogP contribution is -2.06. The minimum Gasteiger partial charge on any atom is -0.392 e. The van der Waals surface area contributed by atoms with Crippen molar-refractivity contribution in [3.63, 3.8) is 0 Å². The van der Waals surface area contributed by atoms with Crippen LogP contribution in [0.3, 0.4) is 0 Å². The molecule has 1 aromatic carbocycles. The maximum atomic E-state index is 13.4. The van der Waals surface area contributed by atoms with Crippen LogP contribution in [0, 0.1) is 11.7 Å². The van der Waals surface area contributed by atoms with Gasteiger partial charge in [-0.25, -0.2) is 4.39 Å². The van der Waals surface area contributed by atoms with Gasteiger partial charge in [0.1, 0.15) is 5.82 Å². The maximum absolute atomic E-state index is 13.4. The van der Waals surface area contributed by atoms with Gasteiger partial charge in [-0.05, 0) is 18.1 Å².